The fourth-order valence-electron chi connectivity index (χ4n) is 4.37. The van der Waals surface area contributed by atoms with Crippen LogP contribution in [0.25, 0.3) is 0 Å². The van der Waals surface area contributed by atoms with E-state index < -0.39 is 53.9 Å². The smallest absolute Gasteiger partial charge is 0.263 e. The normalized spacial score (nSPS) is 37.9. The van der Waals surface area contributed by atoms with Crippen LogP contribution in [0.4, 0.5) is 0 Å². The van der Waals surface area contributed by atoms with Crippen LogP contribution in [0.1, 0.15) is 33.1 Å². The highest BCUT2D eigenvalue weighted by atomic mass is 32.2. The average molecular weight is 436 g/mol. The third-order valence-corrected chi connectivity index (χ3v) is 6.74. The summed E-state index contributed by atoms with van der Waals surface area (Å²) in [4.78, 5) is 26.7. The van der Waals surface area contributed by atoms with Crippen molar-refractivity contribution < 1.29 is 30.0 Å². The molecule has 9 atom stereocenters. The average Bonchev–Trinajstić information content (AvgIpc) is 3.05. The second-order valence-electron chi connectivity index (χ2n) is 8.02. The van der Waals surface area contributed by atoms with E-state index in [1.165, 1.54) is 6.92 Å². The van der Waals surface area contributed by atoms with E-state index in [2.05, 4.69) is 12.2 Å². The number of amides is 1. The summed E-state index contributed by atoms with van der Waals surface area (Å²) < 4.78 is 5.67. The number of aliphatic hydroxyl groups excluding tert-OH is 4. The summed E-state index contributed by atoms with van der Waals surface area (Å²) in [7, 11) is 1.80. The maximum atomic E-state index is 13.2. The Morgan fingerprint density at radius 1 is 1.31 bits per heavy atom. The molecule has 11 heteroatoms. The van der Waals surface area contributed by atoms with E-state index >= 15 is 0 Å². The quantitative estimate of drug-likeness (QED) is 0.294. The van der Waals surface area contributed by atoms with Crippen LogP contribution < -0.4 is 0 Å². The largest absolute Gasteiger partial charge is 0.391 e. The molecule has 5 unspecified atom stereocenters. The van der Waals surface area contributed by atoms with Gasteiger partial charge in [0.05, 0.1) is 17.4 Å². The summed E-state index contributed by atoms with van der Waals surface area (Å²) in [5.41, 5.74) is -0.897. The maximum Gasteiger partial charge on any atom is 0.263 e. The van der Waals surface area contributed by atoms with E-state index in [1.807, 2.05) is 4.90 Å². The molecule has 2 rings (SSSR count). The molecule has 0 aromatic carbocycles. The first kappa shape index (κ1) is 24.4. The molecule has 4 N–H and O–H groups in total. The number of rotatable bonds is 8. The van der Waals surface area contributed by atoms with Crippen molar-refractivity contribution >= 4 is 17.7 Å². The first-order chi connectivity index (χ1) is 13.7. The Morgan fingerprint density at radius 3 is 2.48 bits per heavy atom. The van der Waals surface area contributed by atoms with Gasteiger partial charge in [0.1, 0.15) is 35.9 Å². The van der Waals surface area contributed by atoms with Gasteiger partial charge in [-0.05, 0) is 39.0 Å². The summed E-state index contributed by atoms with van der Waals surface area (Å²) in [5.74, 6) is -0.254. The Balaban J connectivity index is 2.27. The SMILES string of the molecule is CCC[C@@H]1C[C@@H](C(=O)N(N=O)[C@@H](C2OC(SC)C(O)C(O)C2O)[C@@H](C)O)N(C)C1. The van der Waals surface area contributed by atoms with Gasteiger partial charge in [0.25, 0.3) is 5.91 Å². The maximum absolute atomic E-state index is 13.2. The first-order valence-corrected chi connectivity index (χ1v) is 11.2. The van der Waals surface area contributed by atoms with E-state index in [1.54, 1.807) is 13.3 Å². The molecule has 0 aromatic rings. The van der Waals surface area contributed by atoms with Crippen molar-refractivity contribution in [1.29, 1.82) is 0 Å². The number of carbonyl (C=O) groups excluding carboxylic acids is 1. The second-order valence-corrected chi connectivity index (χ2v) is 8.95. The molecule has 10 nitrogen and oxygen atoms in total. The third kappa shape index (κ3) is 5.09. The molecule has 1 amide bonds. The molecule has 2 aliphatic rings. The Hall–Kier alpha value is -0.820. The number of nitroso groups, excluding NO2 is 1. The molecule has 0 aliphatic carbocycles. The lowest BCUT2D eigenvalue weighted by molar-refractivity contribution is -0.222. The standard InChI is InChI=1S/C18H33N3O7S/c1-5-6-10-7-11(20(3)8-10)17(26)21(19-27)12(9(2)22)16-14(24)13(23)15(25)18(28-16)29-4/h9-16,18,22-25H,5-8H2,1-4H3/t9-,10-,11+,12-,13?,14?,15?,16?,18?/m1/s1. The highest BCUT2D eigenvalue weighted by molar-refractivity contribution is 7.99. The van der Waals surface area contributed by atoms with Gasteiger partial charge < -0.3 is 25.2 Å². The number of hydrogen-bond acceptors (Lipinski definition) is 10. The Morgan fingerprint density at radius 2 is 1.97 bits per heavy atom. The van der Waals surface area contributed by atoms with Crippen molar-refractivity contribution in [2.24, 2.45) is 11.2 Å². The van der Waals surface area contributed by atoms with Crippen molar-refractivity contribution in [3.05, 3.63) is 4.91 Å². The fraction of sp³-hybridized carbons (Fsp3) is 0.944. The predicted octanol–water partition coefficient (Wildman–Crippen LogP) is -0.463. The van der Waals surface area contributed by atoms with Crippen LogP contribution in [0, 0.1) is 10.8 Å². The molecule has 2 aliphatic heterocycles. The summed E-state index contributed by atoms with van der Waals surface area (Å²) in [6.45, 7) is 4.15. The molecule has 29 heavy (non-hydrogen) atoms. The number of aliphatic hydroxyl groups is 4. The van der Waals surface area contributed by atoms with Crippen molar-refractivity contribution in [2.45, 2.75) is 81.1 Å². The van der Waals surface area contributed by atoms with Crippen molar-refractivity contribution in [3.8, 4) is 0 Å². The molecule has 2 heterocycles. The molecule has 2 saturated heterocycles. The predicted molar refractivity (Wildman–Crippen MR) is 108 cm³/mol. The molecule has 0 bridgehead atoms. The summed E-state index contributed by atoms with van der Waals surface area (Å²) in [5, 5.41) is 44.5. The van der Waals surface area contributed by atoms with E-state index in [-0.39, 0.29) is 0 Å². The second kappa shape index (κ2) is 10.5. The van der Waals surface area contributed by atoms with Gasteiger partial charge >= 0.3 is 0 Å². The minimum absolute atomic E-state index is 0.326. The van der Waals surface area contributed by atoms with Crippen LogP contribution in [-0.4, -0.2) is 104 Å². The number of ether oxygens (including phenoxy) is 1. The van der Waals surface area contributed by atoms with Gasteiger partial charge in [-0.25, -0.2) is 0 Å². The van der Waals surface area contributed by atoms with Crippen LogP contribution in [-0.2, 0) is 9.53 Å². The Kier molecular flexibility index (Phi) is 8.83. The molecule has 168 valence electrons. The Labute approximate surface area is 175 Å². The lowest BCUT2D eigenvalue weighted by Gasteiger charge is -2.45. The molecule has 2 fully saturated rings. The van der Waals surface area contributed by atoms with Crippen molar-refractivity contribution in [3.63, 3.8) is 0 Å². The molecular weight excluding hydrogens is 402 g/mol. The lowest BCUT2D eigenvalue weighted by Crippen LogP contribution is -2.65. The van der Waals surface area contributed by atoms with Crippen molar-refractivity contribution in [1.82, 2.24) is 9.91 Å². The number of likely N-dealkylation sites (N-methyl/N-ethyl adjacent to an activating group) is 1. The van der Waals surface area contributed by atoms with Gasteiger partial charge in [0.15, 0.2) is 0 Å². The van der Waals surface area contributed by atoms with E-state index in [9.17, 15) is 30.1 Å². The highest BCUT2D eigenvalue weighted by Gasteiger charge is 2.51. The summed E-state index contributed by atoms with van der Waals surface area (Å²) in [6.07, 6.45) is -2.92. The number of carbonyl (C=O) groups is 1. The number of likely N-dealkylation sites (tertiary alicyclic amines) is 1. The molecule has 0 radical (unpaired) electrons. The van der Waals surface area contributed by atoms with Gasteiger partial charge in [-0.15, -0.1) is 16.7 Å². The van der Waals surface area contributed by atoms with Crippen LogP contribution >= 0.6 is 11.8 Å². The van der Waals surface area contributed by atoms with E-state index in [4.69, 9.17) is 4.74 Å². The topological polar surface area (TPSA) is 143 Å². The van der Waals surface area contributed by atoms with Gasteiger partial charge in [0.2, 0.25) is 0 Å². The van der Waals surface area contributed by atoms with Crippen molar-refractivity contribution in [2.75, 3.05) is 19.8 Å². The third-order valence-electron chi connectivity index (χ3n) is 5.88. The number of thioether (sulfide) groups is 1. The molecule has 0 saturated carbocycles. The van der Waals surface area contributed by atoms with Crippen LogP contribution in [0.5, 0.6) is 0 Å². The highest BCUT2D eigenvalue weighted by Crippen LogP contribution is 2.33. The summed E-state index contributed by atoms with van der Waals surface area (Å²) in [6, 6.07) is -1.89. The zero-order valence-electron chi connectivity index (χ0n) is 17.3. The summed E-state index contributed by atoms with van der Waals surface area (Å²) >= 11 is 1.11. The number of hydrogen-bond donors (Lipinski definition) is 4. The zero-order valence-corrected chi connectivity index (χ0v) is 18.1. The zero-order chi connectivity index (χ0) is 21.9. The van der Waals surface area contributed by atoms with Crippen LogP contribution in [0.15, 0.2) is 5.29 Å². The van der Waals surface area contributed by atoms with E-state index in [0.717, 1.165) is 31.1 Å². The van der Waals surface area contributed by atoms with Crippen LogP contribution in [0.2, 0.25) is 0 Å². The van der Waals surface area contributed by atoms with Gasteiger partial charge in [0, 0.05) is 6.54 Å². The minimum Gasteiger partial charge on any atom is -0.391 e. The van der Waals surface area contributed by atoms with Crippen LogP contribution in [0.3, 0.4) is 0 Å². The lowest BCUT2D eigenvalue weighted by atomic mass is 9.91. The van der Waals surface area contributed by atoms with Gasteiger partial charge in [-0.1, -0.05) is 13.3 Å². The van der Waals surface area contributed by atoms with E-state index in [0.29, 0.717) is 17.3 Å². The Bertz CT molecular complexity index is 568. The molecule has 0 spiro atoms. The molecule has 0 aromatic heterocycles. The van der Waals surface area contributed by atoms with Gasteiger partial charge in [-0.3, -0.25) is 9.69 Å². The van der Waals surface area contributed by atoms with Gasteiger partial charge in [-0.2, -0.15) is 5.01 Å². The minimum atomic E-state index is -1.61. The molecular formula is C18H33N3O7S. The number of nitrogens with zero attached hydrogens (tertiary/aromatic N) is 3. The monoisotopic (exact) mass is 435 g/mol. The first-order valence-electron chi connectivity index (χ1n) is 9.94. The fourth-order valence-corrected chi connectivity index (χ4v) is 5.05.